The van der Waals surface area contributed by atoms with Gasteiger partial charge in [-0.3, -0.25) is 14.4 Å². The van der Waals surface area contributed by atoms with Crippen molar-refractivity contribution < 1.29 is 37.1 Å². The summed E-state index contributed by atoms with van der Waals surface area (Å²) in [6, 6.07) is 13.9. The largest absolute Gasteiger partial charge is 0.495 e. The van der Waals surface area contributed by atoms with E-state index in [1.54, 1.807) is 12.1 Å². The van der Waals surface area contributed by atoms with E-state index in [9.17, 15) is 23.3 Å². The summed E-state index contributed by atoms with van der Waals surface area (Å²) >= 11 is 0. The van der Waals surface area contributed by atoms with E-state index in [1.165, 1.54) is 41.7 Å². The SMILES string of the molecule is COc1ccc(C(=O)OCc2cc([N+](=O)[O-])cc3c2OCOC3)cc1S(=O)(=O)N1CCCc2ccccc21. The number of para-hydroxylation sites is 1. The van der Waals surface area contributed by atoms with Gasteiger partial charge >= 0.3 is 5.97 Å². The van der Waals surface area contributed by atoms with Crippen LogP contribution in [0.25, 0.3) is 0 Å². The summed E-state index contributed by atoms with van der Waals surface area (Å²) in [5.41, 5.74) is 2.08. The van der Waals surface area contributed by atoms with E-state index in [0.717, 1.165) is 12.0 Å². The molecular formula is C26H24N2O9S. The molecule has 0 atom stereocenters. The number of hydrogen-bond acceptors (Lipinski definition) is 9. The van der Waals surface area contributed by atoms with Gasteiger partial charge in [0.2, 0.25) is 0 Å². The highest BCUT2D eigenvalue weighted by molar-refractivity contribution is 7.93. The Bertz CT molecular complexity index is 1520. The van der Waals surface area contributed by atoms with Crippen LogP contribution in [0.5, 0.6) is 11.5 Å². The molecule has 2 aliphatic rings. The summed E-state index contributed by atoms with van der Waals surface area (Å²) < 4.78 is 50.2. The normalized spacial score (nSPS) is 14.6. The minimum atomic E-state index is -4.08. The highest BCUT2D eigenvalue weighted by Gasteiger charge is 2.32. The first kappa shape index (κ1) is 25.5. The molecule has 38 heavy (non-hydrogen) atoms. The average Bonchev–Trinajstić information content (AvgIpc) is 2.94. The van der Waals surface area contributed by atoms with Crippen LogP contribution in [0.1, 0.15) is 33.5 Å². The summed E-state index contributed by atoms with van der Waals surface area (Å²) in [4.78, 5) is 23.6. The van der Waals surface area contributed by atoms with Gasteiger partial charge in [0.1, 0.15) is 23.0 Å². The van der Waals surface area contributed by atoms with Gasteiger partial charge in [-0.2, -0.15) is 0 Å². The lowest BCUT2D eigenvalue weighted by molar-refractivity contribution is -0.385. The zero-order valence-electron chi connectivity index (χ0n) is 20.4. The van der Waals surface area contributed by atoms with Crippen LogP contribution in [-0.4, -0.2) is 39.8 Å². The van der Waals surface area contributed by atoms with E-state index in [1.807, 2.05) is 12.1 Å². The number of methoxy groups -OCH3 is 1. The van der Waals surface area contributed by atoms with Crippen molar-refractivity contribution in [2.24, 2.45) is 0 Å². The Labute approximate surface area is 218 Å². The number of nitrogens with zero attached hydrogens (tertiary/aromatic N) is 2. The Balaban J connectivity index is 1.43. The zero-order valence-corrected chi connectivity index (χ0v) is 21.2. The van der Waals surface area contributed by atoms with Crippen LogP contribution in [0, 0.1) is 10.1 Å². The van der Waals surface area contributed by atoms with Crippen molar-refractivity contribution in [2.75, 3.05) is 24.8 Å². The number of non-ortho nitro benzene ring substituents is 1. The molecule has 3 aromatic carbocycles. The summed E-state index contributed by atoms with van der Waals surface area (Å²) in [6.45, 7) is 0.0532. The topological polar surface area (TPSA) is 135 Å². The number of sulfonamides is 1. The summed E-state index contributed by atoms with van der Waals surface area (Å²) in [6.07, 6.45) is 1.42. The van der Waals surface area contributed by atoms with E-state index < -0.39 is 20.9 Å². The smallest absolute Gasteiger partial charge is 0.338 e. The van der Waals surface area contributed by atoms with Gasteiger partial charge in [-0.05, 0) is 42.7 Å². The van der Waals surface area contributed by atoms with Gasteiger partial charge in [0.05, 0.1) is 29.9 Å². The molecular weight excluding hydrogens is 516 g/mol. The first-order valence-electron chi connectivity index (χ1n) is 11.8. The number of carbonyl (C=O) groups is 1. The highest BCUT2D eigenvalue weighted by Crippen LogP contribution is 2.36. The number of benzene rings is 3. The maximum absolute atomic E-state index is 13.7. The van der Waals surface area contributed by atoms with Crippen molar-refractivity contribution >= 4 is 27.4 Å². The summed E-state index contributed by atoms with van der Waals surface area (Å²) in [5.74, 6) is -0.363. The molecule has 0 bridgehead atoms. The van der Waals surface area contributed by atoms with Crippen LogP contribution in [0.3, 0.4) is 0 Å². The number of esters is 1. The molecule has 0 spiro atoms. The van der Waals surface area contributed by atoms with Gasteiger partial charge in [0.25, 0.3) is 15.7 Å². The molecule has 0 fully saturated rings. The second kappa shape index (κ2) is 10.3. The lowest BCUT2D eigenvalue weighted by atomic mass is 10.0. The monoisotopic (exact) mass is 540 g/mol. The van der Waals surface area contributed by atoms with Crippen molar-refractivity contribution in [3.63, 3.8) is 0 Å². The minimum absolute atomic E-state index is 0.0155. The van der Waals surface area contributed by atoms with Gasteiger partial charge in [-0.15, -0.1) is 0 Å². The summed E-state index contributed by atoms with van der Waals surface area (Å²) in [7, 11) is -2.72. The number of rotatable bonds is 7. The fraction of sp³-hybridized carbons (Fsp3) is 0.269. The number of ether oxygens (including phenoxy) is 4. The Morgan fingerprint density at radius 3 is 2.74 bits per heavy atom. The van der Waals surface area contributed by atoms with Gasteiger partial charge in [-0.25, -0.2) is 13.2 Å². The first-order valence-corrected chi connectivity index (χ1v) is 13.2. The molecule has 0 radical (unpaired) electrons. The molecule has 0 amide bonds. The number of fused-ring (bicyclic) bond motifs is 2. The van der Waals surface area contributed by atoms with E-state index in [0.29, 0.717) is 35.5 Å². The fourth-order valence-electron chi connectivity index (χ4n) is 4.59. The third-order valence-electron chi connectivity index (χ3n) is 6.38. The lowest BCUT2D eigenvalue weighted by Gasteiger charge is -2.31. The fourth-order valence-corrected chi connectivity index (χ4v) is 6.32. The molecule has 12 heteroatoms. The van der Waals surface area contributed by atoms with Crippen LogP contribution in [0.15, 0.2) is 59.5 Å². The number of nitro groups is 1. The van der Waals surface area contributed by atoms with Crippen molar-refractivity contribution in [3.05, 3.63) is 87.0 Å². The molecule has 2 aliphatic heterocycles. The predicted molar refractivity (Wildman–Crippen MR) is 135 cm³/mol. The van der Waals surface area contributed by atoms with E-state index in [2.05, 4.69) is 0 Å². The molecule has 0 N–H and O–H groups in total. The molecule has 2 heterocycles. The van der Waals surface area contributed by atoms with E-state index in [-0.39, 0.29) is 41.9 Å². The Morgan fingerprint density at radius 2 is 1.95 bits per heavy atom. The molecule has 198 valence electrons. The van der Waals surface area contributed by atoms with Crippen molar-refractivity contribution in [3.8, 4) is 11.5 Å². The molecule has 0 aromatic heterocycles. The van der Waals surface area contributed by atoms with Gasteiger partial charge in [-0.1, -0.05) is 18.2 Å². The standard InChI is InChI=1S/C26H24N2O9S/c1-34-23-9-8-18(13-24(23)38(32,33)27-10-4-6-17-5-2-3-7-22(17)27)26(29)36-15-20-12-21(28(30)31)11-19-14-35-16-37-25(19)20/h2-3,5,7-9,11-13H,4,6,10,14-16H2,1H3. The van der Waals surface area contributed by atoms with Crippen LogP contribution in [0.4, 0.5) is 11.4 Å². The van der Waals surface area contributed by atoms with Crippen LogP contribution < -0.4 is 13.8 Å². The first-order chi connectivity index (χ1) is 18.3. The summed E-state index contributed by atoms with van der Waals surface area (Å²) in [5, 5.41) is 11.3. The second-order valence-corrected chi connectivity index (χ2v) is 10.5. The third-order valence-corrected chi connectivity index (χ3v) is 8.21. The predicted octanol–water partition coefficient (Wildman–Crippen LogP) is 3.97. The molecule has 3 aromatic rings. The molecule has 0 saturated carbocycles. The zero-order chi connectivity index (χ0) is 26.9. The highest BCUT2D eigenvalue weighted by atomic mass is 32.2. The third kappa shape index (κ3) is 4.75. The second-order valence-electron chi connectivity index (χ2n) is 8.71. The average molecular weight is 541 g/mol. The molecule has 5 rings (SSSR count). The van der Waals surface area contributed by atoms with Crippen LogP contribution in [-0.2, 0) is 39.1 Å². The molecule has 0 saturated heterocycles. The van der Waals surface area contributed by atoms with Crippen molar-refractivity contribution in [2.45, 2.75) is 31.0 Å². The van der Waals surface area contributed by atoms with Crippen molar-refractivity contribution in [1.82, 2.24) is 0 Å². The van der Waals surface area contributed by atoms with E-state index >= 15 is 0 Å². The van der Waals surface area contributed by atoms with Gasteiger partial charge in [0.15, 0.2) is 6.79 Å². The van der Waals surface area contributed by atoms with Gasteiger partial charge in [0, 0.05) is 29.8 Å². The number of aryl methyl sites for hydroxylation is 1. The van der Waals surface area contributed by atoms with E-state index in [4.69, 9.17) is 18.9 Å². The minimum Gasteiger partial charge on any atom is -0.495 e. The number of hydrogen-bond donors (Lipinski definition) is 0. The van der Waals surface area contributed by atoms with Crippen LogP contribution >= 0.6 is 0 Å². The maximum Gasteiger partial charge on any atom is 0.338 e. The maximum atomic E-state index is 13.7. The Kier molecular flexibility index (Phi) is 6.91. The molecule has 11 nitrogen and oxygen atoms in total. The van der Waals surface area contributed by atoms with Crippen LogP contribution in [0.2, 0.25) is 0 Å². The Morgan fingerprint density at radius 1 is 1.13 bits per heavy atom. The lowest BCUT2D eigenvalue weighted by Crippen LogP contribution is -2.35. The number of anilines is 1. The quantitative estimate of drug-likeness (QED) is 0.248. The number of nitro benzene ring substituents is 1. The Hall–Kier alpha value is -4.16. The van der Waals surface area contributed by atoms with Gasteiger partial charge < -0.3 is 18.9 Å². The molecule has 0 unspecified atom stereocenters. The van der Waals surface area contributed by atoms with Crippen molar-refractivity contribution in [1.29, 1.82) is 0 Å². The number of carbonyl (C=O) groups excluding carboxylic acids is 1. The molecule has 0 aliphatic carbocycles.